The standard InChI is InChI=1S/C13H14O3S/c1-10(14)17-8-2-3-11-4-5-12-13(9-11)16-7-6-15-12/h2-5,9H,6-8H2,1H3. The van der Waals surface area contributed by atoms with Crippen molar-refractivity contribution in [2.45, 2.75) is 6.92 Å². The predicted molar refractivity (Wildman–Crippen MR) is 69.6 cm³/mol. The highest BCUT2D eigenvalue weighted by atomic mass is 32.2. The number of thioether (sulfide) groups is 1. The second kappa shape index (κ2) is 5.77. The van der Waals surface area contributed by atoms with Crippen LogP contribution < -0.4 is 9.47 Å². The van der Waals surface area contributed by atoms with Gasteiger partial charge >= 0.3 is 0 Å². The molecular formula is C13H14O3S. The molecule has 1 aliphatic heterocycles. The maximum Gasteiger partial charge on any atom is 0.186 e. The molecule has 2 rings (SSSR count). The van der Waals surface area contributed by atoms with Gasteiger partial charge in [0.25, 0.3) is 0 Å². The number of carbonyl (C=O) groups excluding carboxylic acids is 1. The molecule has 0 saturated heterocycles. The quantitative estimate of drug-likeness (QED) is 0.826. The van der Waals surface area contributed by atoms with Gasteiger partial charge in [0, 0.05) is 12.7 Å². The monoisotopic (exact) mass is 250 g/mol. The van der Waals surface area contributed by atoms with Crippen molar-refractivity contribution in [3.8, 4) is 11.5 Å². The van der Waals surface area contributed by atoms with Crippen molar-refractivity contribution in [1.82, 2.24) is 0 Å². The smallest absolute Gasteiger partial charge is 0.186 e. The van der Waals surface area contributed by atoms with Crippen molar-refractivity contribution in [2.24, 2.45) is 0 Å². The Morgan fingerprint density at radius 3 is 2.88 bits per heavy atom. The van der Waals surface area contributed by atoms with Crippen LogP contribution in [0, 0.1) is 0 Å². The number of rotatable bonds is 3. The second-order valence-corrected chi connectivity index (χ2v) is 4.80. The number of ether oxygens (including phenoxy) is 2. The first kappa shape index (κ1) is 12.0. The van der Waals surface area contributed by atoms with Crippen molar-refractivity contribution in [2.75, 3.05) is 19.0 Å². The molecule has 0 aliphatic carbocycles. The maximum absolute atomic E-state index is 10.7. The van der Waals surface area contributed by atoms with Gasteiger partial charge in [-0.15, -0.1) is 0 Å². The summed E-state index contributed by atoms with van der Waals surface area (Å²) >= 11 is 1.30. The Morgan fingerprint density at radius 1 is 1.35 bits per heavy atom. The first-order valence-electron chi connectivity index (χ1n) is 5.45. The number of carbonyl (C=O) groups is 1. The molecule has 4 heteroatoms. The Bertz CT molecular complexity index is 440. The van der Waals surface area contributed by atoms with Gasteiger partial charge in [0.15, 0.2) is 16.6 Å². The lowest BCUT2D eigenvalue weighted by atomic mass is 10.2. The number of fused-ring (bicyclic) bond motifs is 1. The van der Waals surface area contributed by atoms with Gasteiger partial charge in [0.05, 0.1) is 0 Å². The van der Waals surface area contributed by atoms with Gasteiger partial charge < -0.3 is 9.47 Å². The van der Waals surface area contributed by atoms with E-state index in [2.05, 4.69) is 0 Å². The molecule has 1 aromatic rings. The minimum atomic E-state index is 0.136. The first-order chi connectivity index (χ1) is 8.25. The van der Waals surface area contributed by atoms with Crippen LogP contribution in [0.15, 0.2) is 24.3 Å². The summed E-state index contributed by atoms with van der Waals surface area (Å²) in [6.45, 7) is 2.78. The minimum absolute atomic E-state index is 0.136. The van der Waals surface area contributed by atoms with Crippen molar-refractivity contribution in [3.63, 3.8) is 0 Å². The van der Waals surface area contributed by atoms with Crippen LogP contribution in [0.2, 0.25) is 0 Å². The highest BCUT2D eigenvalue weighted by Gasteiger charge is 2.10. The lowest BCUT2D eigenvalue weighted by molar-refractivity contribution is -0.109. The van der Waals surface area contributed by atoms with E-state index in [1.165, 1.54) is 11.8 Å². The van der Waals surface area contributed by atoms with Crippen molar-refractivity contribution < 1.29 is 14.3 Å². The Hall–Kier alpha value is -1.42. The Morgan fingerprint density at radius 2 is 2.12 bits per heavy atom. The molecule has 17 heavy (non-hydrogen) atoms. The van der Waals surface area contributed by atoms with Crippen LogP contribution in [0.3, 0.4) is 0 Å². The van der Waals surface area contributed by atoms with Crippen LogP contribution in [0.5, 0.6) is 11.5 Å². The van der Waals surface area contributed by atoms with Crippen molar-refractivity contribution in [3.05, 3.63) is 29.8 Å². The molecule has 0 N–H and O–H groups in total. The normalized spacial score (nSPS) is 13.9. The van der Waals surface area contributed by atoms with Gasteiger partial charge in [-0.05, 0) is 17.7 Å². The van der Waals surface area contributed by atoms with E-state index in [9.17, 15) is 4.79 Å². The summed E-state index contributed by atoms with van der Waals surface area (Å²) in [6.07, 6.45) is 3.95. The van der Waals surface area contributed by atoms with Gasteiger partial charge in [-0.3, -0.25) is 4.79 Å². The molecule has 1 aromatic carbocycles. The second-order valence-electron chi connectivity index (χ2n) is 3.61. The molecule has 0 aromatic heterocycles. The third-order valence-electron chi connectivity index (χ3n) is 2.26. The highest BCUT2D eigenvalue weighted by Crippen LogP contribution is 2.31. The van der Waals surface area contributed by atoms with Crippen LogP contribution in [-0.4, -0.2) is 24.1 Å². The fourth-order valence-electron chi connectivity index (χ4n) is 1.51. The predicted octanol–water partition coefficient (Wildman–Crippen LogP) is 2.75. The zero-order valence-electron chi connectivity index (χ0n) is 9.64. The van der Waals surface area contributed by atoms with Gasteiger partial charge in [0.1, 0.15) is 13.2 Å². The Kier molecular flexibility index (Phi) is 4.09. The fraction of sp³-hybridized carbons (Fsp3) is 0.308. The molecule has 0 radical (unpaired) electrons. The summed E-state index contributed by atoms with van der Waals surface area (Å²) in [4.78, 5) is 10.7. The third kappa shape index (κ3) is 3.53. The van der Waals surface area contributed by atoms with E-state index < -0.39 is 0 Å². The Balaban J connectivity index is 1.99. The molecule has 0 unspecified atom stereocenters. The molecule has 0 spiro atoms. The SMILES string of the molecule is CC(=O)SCC=Cc1ccc2c(c1)OCCO2. The molecule has 0 fully saturated rings. The molecule has 0 atom stereocenters. The van der Waals surface area contributed by atoms with Crippen LogP contribution in [0.25, 0.3) is 6.08 Å². The summed E-state index contributed by atoms with van der Waals surface area (Å²) in [7, 11) is 0. The average Bonchev–Trinajstić information content (AvgIpc) is 2.34. The van der Waals surface area contributed by atoms with Gasteiger partial charge in [-0.25, -0.2) is 0 Å². The largest absolute Gasteiger partial charge is 0.486 e. The van der Waals surface area contributed by atoms with E-state index in [1.807, 2.05) is 30.4 Å². The van der Waals surface area contributed by atoms with Crippen LogP contribution in [0.1, 0.15) is 12.5 Å². The fourth-order valence-corrected chi connectivity index (χ4v) is 1.94. The van der Waals surface area contributed by atoms with Gasteiger partial charge in [-0.2, -0.15) is 0 Å². The molecule has 0 amide bonds. The van der Waals surface area contributed by atoms with E-state index in [0.717, 1.165) is 17.1 Å². The lowest BCUT2D eigenvalue weighted by Gasteiger charge is -2.18. The van der Waals surface area contributed by atoms with E-state index in [0.29, 0.717) is 19.0 Å². The van der Waals surface area contributed by atoms with Crippen LogP contribution in [-0.2, 0) is 4.79 Å². The molecule has 3 nitrogen and oxygen atoms in total. The summed E-state index contributed by atoms with van der Waals surface area (Å²) in [5, 5.41) is 0.136. The van der Waals surface area contributed by atoms with E-state index >= 15 is 0 Å². The average molecular weight is 250 g/mol. The molecule has 1 heterocycles. The van der Waals surface area contributed by atoms with Crippen molar-refractivity contribution >= 4 is 23.0 Å². The number of benzene rings is 1. The molecule has 90 valence electrons. The van der Waals surface area contributed by atoms with E-state index in [-0.39, 0.29) is 5.12 Å². The molecule has 0 bridgehead atoms. The van der Waals surface area contributed by atoms with Crippen LogP contribution >= 0.6 is 11.8 Å². The number of hydrogen-bond acceptors (Lipinski definition) is 4. The minimum Gasteiger partial charge on any atom is -0.486 e. The molecular weight excluding hydrogens is 236 g/mol. The summed E-state index contributed by atoms with van der Waals surface area (Å²) < 4.78 is 10.9. The topological polar surface area (TPSA) is 35.5 Å². The lowest BCUT2D eigenvalue weighted by Crippen LogP contribution is -2.15. The summed E-state index contributed by atoms with van der Waals surface area (Å²) in [5.74, 6) is 2.29. The first-order valence-corrected chi connectivity index (χ1v) is 6.44. The van der Waals surface area contributed by atoms with Crippen molar-refractivity contribution in [1.29, 1.82) is 0 Å². The highest BCUT2D eigenvalue weighted by molar-refractivity contribution is 8.13. The Labute approximate surface area is 105 Å². The zero-order valence-corrected chi connectivity index (χ0v) is 10.5. The third-order valence-corrected chi connectivity index (χ3v) is 3.02. The molecule has 0 saturated carbocycles. The summed E-state index contributed by atoms with van der Waals surface area (Å²) in [6, 6.07) is 5.83. The van der Waals surface area contributed by atoms with E-state index in [1.54, 1.807) is 6.92 Å². The zero-order chi connectivity index (χ0) is 12.1. The van der Waals surface area contributed by atoms with E-state index in [4.69, 9.17) is 9.47 Å². The number of hydrogen-bond donors (Lipinski definition) is 0. The van der Waals surface area contributed by atoms with Gasteiger partial charge in [0.2, 0.25) is 0 Å². The summed E-state index contributed by atoms with van der Waals surface area (Å²) in [5.41, 5.74) is 1.05. The van der Waals surface area contributed by atoms with Crippen LogP contribution in [0.4, 0.5) is 0 Å². The maximum atomic E-state index is 10.7. The van der Waals surface area contributed by atoms with Gasteiger partial charge in [-0.1, -0.05) is 30.0 Å². The molecule has 1 aliphatic rings.